The Bertz CT molecular complexity index is 1280. The average Bonchev–Trinajstić information content (AvgIpc) is 2.83. The van der Waals surface area contributed by atoms with Crippen molar-refractivity contribution in [1.82, 2.24) is 19.9 Å². The number of para-hydroxylation sites is 1. The maximum atomic E-state index is 13.3. The molecule has 0 unspecified atom stereocenters. The Labute approximate surface area is 178 Å². The Morgan fingerprint density at radius 3 is 2.65 bits per heavy atom. The highest BCUT2D eigenvalue weighted by Crippen LogP contribution is 2.25. The van der Waals surface area contributed by atoms with E-state index in [4.69, 9.17) is 0 Å². The molecular weight excluding hydrogens is 390 g/mol. The van der Waals surface area contributed by atoms with E-state index in [9.17, 15) is 9.59 Å². The molecule has 0 aliphatic carbocycles. The van der Waals surface area contributed by atoms with Crippen LogP contribution in [-0.4, -0.2) is 38.2 Å². The molecule has 2 aromatic heterocycles. The lowest BCUT2D eigenvalue weighted by molar-refractivity contribution is 0.0736. The van der Waals surface area contributed by atoms with E-state index >= 15 is 0 Å². The van der Waals surface area contributed by atoms with Crippen molar-refractivity contribution in [3.05, 3.63) is 95.6 Å². The topological polar surface area (TPSA) is 88.1 Å². The number of anilines is 1. The summed E-state index contributed by atoms with van der Waals surface area (Å²) >= 11 is 0. The average molecular weight is 409 g/mol. The van der Waals surface area contributed by atoms with Gasteiger partial charge >= 0.3 is 0 Å². The number of nitrogens with zero attached hydrogens (tertiary/aromatic N) is 4. The third-order valence-electron chi connectivity index (χ3n) is 5.39. The second-order valence-corrected chi connectivity index (χ2v) is 7.36. The highest BCUT2D eigenvalue weighted by Gasteiger charge is 2.24. The molecule has 2 aromatic carbocycles. The van der Waals surface area contributed by atoms with Gasteiger partial charge in [-0.15, -0.1) is 0 Å². The number of nitrogens with one attached hydrogen (secondary N) is 1. The molecule has 1 N–H and O–H groups in total. The standard InChI is InChI=1S/C24H19N5O2/c30-23(21-5-1-2-10-25-21)28-18-8-7-16-9-13-29(15-17(16)14-18)24(31)19-4-3-6-20-22(19)27-12-11-26-20/h1-8,10-12,14H,9,13,15H2,(H,28,30). The zero-order chi connectivity index (χ0) is 21.2. The molecule has 0 atom stereocenters. The quantitative estimate of drug-likeness (QED) is 0.560. The molecular formula is C24H19N5O2. The number of hydrogen-bond donors (Lipinski definition) is 1. The number of carbonyl (C=O) groups excluding carboxylic acids is 2. The molecule has 0 saturated heterocycles. The molecule has 7 nitrogen and oxygen atoms in total. The predicted octanol–water partition coefficient (Wildman–Crippen LogP) is 3.48. The van der Waals surface area contributed by atoms with Gasteiger partial charge in [0.1, 0.15) is 11.2 Å². The Balaban J connectivity index is 1.38. The number of fused-ring (bicyclic) bond motifs is 2. The largest absolute Gasteiger partial charge is 0.334 e. The van der Waals surface area contributed by atoms with Crippen LogP contribution in [0.1, 0.15) is 32.0 Å². The van der Waals surface area contributed by atoms with E-state index in [-0.39, 0.29) is 11.8 Å². The fraction of sp³-hybridized carbons (Fsp3) is 0.125. The van der Waals surface area contributed by atoms with Crippen molar-refractivity contribution >= 4 is 28.5 Å². The van der Waals surface area contributed by atoms with Crippen LogP contribution in [0.25, 0.3) is 11.0 Å². The lowest BCUT2D eigenvalue weighted by Gasteiger charge is -2.29. The first-order chi connectivity index (χ1) is 15.2. The Hall–Kier alpha value is -4.13. The third kappa shape index (κ3) is 3.73. The second kappa shape index (κ2) is 7.95. The summed E-state index contributed by atoms with van der Waals surface area (Å²) in [5.41, 5.74) is 5.09. The van der Waals surface area contributed by atoms with Gasteiger partial charge in [-0.25, -0.2) is 0 Å². The Kier molecular flexibility index (Phi) is 4.84. The fourth-order valence-electron chi connectivity index (χ4n) is 3.84. The molecule has 1 aliphatic heterocycles. The van der Waals surface area contributed by atoms with Gasteiger partial charge in [-0.3, -0.25) is 24.5 Å². The monoisotopic (exact) mass is 409 g/mol. The van der Waals surface area contributed by atoms with Gasteiger partial charge in [-0.05, 0) is 53.9 Å². The maximum absolute atomic E-state index is 13.3. The van der Waals surface area contributed by atoms with Crippen LogP contribution in [0.2, 0.25) is 0 Å². The van der Waals surface area contributed by atoms with Gasteiger partial charge in [0.05, 0.1) is 11.1 Å². The predicted molar refractivity (Wildman–Crippen MR) is 117 cm³/mol. The van der Waals surface area contributed by atoms with Crippen LogP contribution in [0.3, 0.4) is 0 Å². The van der Waals surface area contributed by atoms with Crippen LogP contribution < -0.4 is 5.32 Å². The first kappa shape index (κ1) is 18.9. The Morgan fingerprint density at radius 1 is 0.871 bits per heavy atom. The first-order valence-corrected chi connectivity index (χ1v) is 10.0. The minimum Gasteiger partial charge on any atom is -0.334 e. The van der Waals surface area contributed by atoms with E-state index in [0.717, 1.165) is 12.0 Å². The number of pyridine rings is 1. The smallest absolute Gasteiger partial charge is 0.274 e. The highest BCUT2D eigenvalue weighted by atomic mass is 16.2. The van der Waals surface area contributed by atoms with Gasteiger partial charge in [0.2, 0.25) is 0 Å². The summed E-state index contributed by atoms with van der Waals surface area (Å²) in [4.78, 5) is 40.2. The Morgan fingerprint density at radius 2 is 1.77 bits per heavy atom. The molecule has 5 rings (SSSR count). The van der Waals surface area contributed by atoms with Crippen LogP contribution in [0.5, 0.6) is 0 Å². The number of amides is 2. The van der Waals surface area contributed by atoms with Crippen LogP contribution in [0, 0.1) is 0 Å². The van der Waals surface area contributed by atoms with Gasteiger partial charge in [0.15, 0.2) is 0 Å². The lowest BCUT2D eigenvalue weighted by Crippen LogP contribution is -2.36. The molecule has 0 fully saturated rings. The van der Waals surface area contributed by atoms with Gasteiger partial charge < -0.3 is 10.2 Å². The summed E-state index contributed by atoms with van der Waals surface area (Å²) in [5.74, 6) is -0.335. The van der Waals surface area contributed by atoms with Crippen molar-refractivity contribution in [2.24, 2.45) is 0 Å². The lowest BCUT2D eigenvalue weighted by atomic mass is 9.98. The van der Waals surface area contributed by atoms with Crippen LogP contribution in [0.15, 0.2) is 73.2 Å². The summed E-state index contributed by atoms with van der Waals surface area (Å²) in [5, 5.41) is 2.89. The summed E-state index contributed by atoms with van der Waals surface area (Å²) in [6.07, 6.45) is 5.56. The van der Waals surface area contributed by atoms with Crippen molar-refractivity contribution in [1.29, 1.82) is 0 Å². The molecule has 31 heavy (non-hydrogen) atoms. The number of rotatable bonds is 3. The van der Waals surface area contributed by atoms with Crippen molar-refractivity contribution in [2.45, 2.75) is 13.0 Å². The molecule has 2 amide bonds. The summed E-state index contributed by atoms with van der Waals surface area (Å²) in [6.45, 7) is 1.10. The molecule has 0 bridgehead atoms. The number of aromatic nitrogens is 3. The van der Waals surface area contributed by atoms with Gasteiger partial charge in [-0.2, -0.15) is 0 Å². The van der Waals surface area contributed by atoms with Crippen molar-refractivity contribution in [2.75, 3.05) is 11.9 Å². The number of carbonyl (C=O) groups is 2. The molecule has 3 heterocycles. The molecule has 0 spiro atoms. The molecule has 152 valence electrons. The van der Waals surface area contributed by atoms with Crippen LogP contribution in [0.4, 0.5) is 5.69 Å². The van der Waals surface area contributed by atoms with E-state index in [2.05, 4.69) is 20.3 Å². The van der Waals surface area contributed by atoms with Gasteiger partial charge in [-0.1, -0.05) is 18.2 Å². The molecule has 0 saturated carbocycles. The van der Waals surface area contributed by atoms with E-state index in [1.807, 2.05) is 35.2 Å². The SMILES string of the molecule is O=C(Nc1ccc2c(c1)CN(C(=O)c1cccc3nccnc13)CC2)c1ccccn1. The van der Waals surface area contributed by atoms with Crippen LogP contribution >= 0.6 is 0 Å². The first-order valence-electron chi connectivity index (χ1n) is 10.0. The maximum Gasteiger partial charge on any atom is 0.274 e. The third-order valence-corrected chi connectivity index (χ3v) is 5.39. The van der Waals surface area contributed by atoms with Gasteiger partial charge in [0.25, 0.3) is 11.8 Å². The minimum atomic E-state index is -0.265. The highest BCUT2D eigenvalue weighted by molar-refractivity contribution is 6.05. The minimum absolute atomic E-state index is 0.0697. The molecule has 7 heteroatoms. The van der Waals surface area contributed by atoms with E-state index < -0.39 is 0 Å². The summed E-state index contributed by atoms with van der Waals surface area (Å²) in [7, 11) is 0. The zero-order valence-corrected chi connectivity index (χ0v) is 16.7. The van der Waals surface area contributed by atoms with Crippen molar-refractivity contribution in [3.8, 4) is 0 Å². The van der Waals surface area contributed by atoms with E-state index in [1.54, 1.807) is 42.9 Å². The van der Waals surface area contributed by atoms with Gasteiger partial charge in [0, 0.05) is 37.4 Å². The second-order valence-electron chi connectivity index (χ2n) is 7.36. The molecule has 4 aromatic rings. The molecule has 0 radical (unpaired) electrons. The van der Waals surface area contributed by atoms with E-state index in [0.29, 0.717) is 41.1 Å². The van der Waals surface area contributed by atoms with Crippen molar-refractivity contribution < 1.29 is 9.59 Å². The van der Waals surface area contributed by atoms with Crippen LogP contribution in [-0.2, 0) is 13.0 Å². The number of hydrogen-bond acceptors (Lipinski definition) is 5. The summed E-state index contributed by atoms with van der Waals surface area (Å²) < 4.78 is 0. The van der Waals surface area contributed by atoms with Crippen molar-refractivity contribution in [3.63, 3.8) is 0 Å². The summed E-state index contributed by atoms with van der Waals surface area (Å²) in [6, 6.07) is 16.5. The zero-order valence-electron chi connectivity index (χ0n) is 16.7. The van der Waals surface area contributed by atoms with E-state index in [1.165, 1.54) is 5.56 Å². The normalized spacial score (nSPS) is 13.0. The fourth-order valence-corrected chi connectivity index (χ4v) is 3.84. The number of benzene rings is 2. The molecule has 1 aliphatic rings.